The van der Waals surface area contributed by atoms with Gasteiger partial charge in [-0.3, -0.25) is 14.8 Å². The van der Waals surface area contributed by atoms with Gasteiger partial charge in [-0.05, 0) is 98.6 Å². The lowest BCUT2D eigenvalue weighted by Gasteiger charge is -2.32. The number of carboxylic acids is 2. The van der Waals surface area contributed by atoms with Gasteiger partial charge >= 0.3 is 11.9 Å². The molecule has 0 bridgehead atoms. The van der Waals surface area contributed by atoms with Gasteiger partial charge in [-0.1, -0.05) is 70.2 Å². The van der Waals surface area contributed by atoms with Crippen molar-refractivity contribution in [3.05, 3.63) is 120 Å². The zero-order valence-electron chi connectivity index (χ0n) is 28.5. The number of carboxylic acid groups (broad SMARTS) is 2. The van der Waals surface area contributed by atoms with Gasteiger partial charge in [-0.25, -0.2) is 14.8 Å². The Morgan fingerprint density at radius 1 is 0.792 bits per heavy atom. The van der Waals surface area contributed by atoms with Crippen molar-refractivity contribution in [3.8, 4) is 0 Å². The molecule has 3 unspecified atom stereocenters. The standard InChI is InChI=1S/C20H22N2.C18H16N2O4.C2H6/c1-4-15-14-20(3,5-2)22-19-12-11-17(13-18(15)19)21-16-9-7-6-8-10-16;1-18(17(23)24)10-14(16(21)22)13-9-12(7-8-15(13)20-18)19-11-5-3-2-4-6-11;1-2/h6-14H,4-5H2,1-3H3;2-9,14H,10H2,1H3,(H,21,22)(H,23,24);1-2H3. The number of carbonyl (C=O) groups is 2. The molecular formula is C40H44N4O4. The van der Waals surface area contributed by atoms with E-state index < -0.39 is 23.4 Å². The van der Waals surface area contributed by atoms with E-state index >= 15 is 0 Å². The Morgan fingerprint density at radius 2 is 1.33 bits per heavy atom. The Morgan fingerprint density at radius 3 is 1.83 bits per heavy atom. The monoisotopic (exact) mass is 644 g/mol. The van der Waals surface area contributed by atoms with E-state index in [0.29, 0.717) is 17.0 Å². The van der Waals surface area contributed by atoms with Gasteiger partial charge in [0.1, 0.15) is 0 Å². The highest BCUT2D eigenvalue weighted by molar-refractivity contribution is 6.25. The molecule has 2 aliphatic carbocycles. The molecule has 248 valence electrons. The fourth-order valence-corrected chi connectivity index (χ4v) is 5.65. The Balaban J connectivity index is 0.000000207. The summed E-state index contributed by atoms with van der Waals surface area (Å²) in [5.41, 5.74) is 6.41. The van der Waals surface area contributed by atoms with E-state index in [1.807, 2.05) is 74.5 Å². The van der Waals surface area contributed by atoms with Crippen LogP contribution in [0.25, 0.3) is 0 Å². The minimum Gasteiger partial charge on any atom is -0.481 e. The molecule has 2 aromatic carbocycles. The van der Waals surface area contributed by atoms with Gasteiger partial charge in [0.2, 0.25) is 0 Å². The molecule has 6 rings (SSSR count). The summed E-state index contributed by atoms with van der Waals surface area (Å²) in [6.45, 7) is 12.0. The average Bonchev–Trinajstić information content (AvgIpc) is 3.10. The number of benzene rings is 2. The SMILES string of the molecule is CC.CC1(C(=O)O)CC(C(=O)O)C2=CC(=Nc3ccccc3)C=CC2=N1.CCC1=CC(C)(CC)N=C2C=CC(=Nc3ccccc3)C=C12. The minimum absolute atomic E-state index is 0.0730. The third-order valence-corrected chi connectivity index (χ3v) is 8.43. The molecule has 0 aromatic heterocycles. The lowest BCUT2D eigenvalue weighted by Crippen LogP contribution is -2.43. The van der Waals surface area contributed by atoms with Gasteiger partial charge < -0.3 is 10.2 Å². The van der Waals surface area contributed by atoms with Gasteiger partial charge in [0.15, 0.2) is 5.54 Å². The molecule has 48 heavy (non-hydrogen) atoms. The Hall–Kier alpha value is -5.24. The van der Waals surface area contributed by atoms with Crippen LogP contribution in [0.3, 0.4) is 0 Å². The van der Waals surface area contributed by atoms with Crippen molar-refractivity contribution in [1.29, 1.82) is 0 Å². The topological polar surface area (TPSA) is 124 Å². The first kappa shape index (κ1) is 35.6. The van der Waals surface area contributed by atoms with E-state index in [9.17, 15) is 19.8 Å². The summed E-state index contributed by atoms with van der Waals surface area (Å²) < 4.78 is 0. The first-order valence-corrected chi connectivity index (χ1v) is 16.5. The first-order valence-electron chi connectivity index (χ1n) is 16.5. The van der Waals surface area contributed by atoms with E-state index in [1.165, 1.54) is 18.1 Å². The van der Waals surface area contributed by atoms with Crippen LogP contribution in [0.2, 0.25) is 0 Å². The van der Waals surface area contributed by atoms with Crippen molar-refractivity contribution in [2.75, 3.05) is 0 Å². The quantitative estimate of drug-likeness (QED) is 0.305. The van der Waals surface area contributed by atoms with E-state index in [1.54, 1.807) is 18.2 Å². The molecule has 2 heterocycles. The molecule has 8 nitrogen and oxygen atoms in total. The van der Waals surface area contributed by atoms with Crippen molar-refractivity contribution in [3.63, 3.8) is 0 Å². The Kier molecular flexibility index (Phi) is 11.5. The van der Waals surface area contributed by atoms with Crippen LogP contribution in [0.1, 0.15) is 60.8 Å². The van der Waals surface area contributed by atoms with Gasteiger partial charge in [-0.15, -0.1) is 0 Å². The van der Waals surface area contributed by atoms with Crippen LogP contribution in [0, 0.1) is 5.92 Å². The fraction of sp³-hybridized carbons (Fsp3) is 0.300. The molecule has 4 aliphatic rings. The van der Waals surface area contributed by atoms with E-state index in [0.717, 1.165) is 35.6 Å². The van der Waals surface area contributed by atoms with Crippen LogP contribution in [0.5, 0.6) is 0 Å². The third-order valence-electron chi connectivity index (χ3n) is 8.43. The largest absolute Gasteiger partial charge is 0.481 e. The summed E-state index contributed by atoms with van der Waals surface area (Å²) in [5, 5.41) is 18.9. The minimum atomic E-state index is -1.44. The predicted molar refractivity (Wildman–Crippen MR) is 197 cm³/mol. The molecule has 0 radical (unpaired) electrons. The number of aliphatic imine (C=N–C) groups is 4. The molecule has 0 spiro atoms. The molecule has 2 N–H and O–H groups in total. The number of para-hydroxylation sites is 2. The second-order valence-electron chi connectivity index (χ2n) is 12.0. The highest BCUT2D eigenvalue weighted by atomic mass is 16.4. The fourth-order valence-electron chi connectivity index (χ4n) is 5.65. The number of nitrogens with zero attached hydrogens (tertiary/aromatic N) is 4. The lowest BCUT2D eigenvalue weighted by molar-refractivity contribution is -0.145. The Labute approximate surface area is 283 Å². The first-order chi connectivity index (χ1) is 23.0. The molecule has 0 amide bonds. The van der Waals surface area contributed by atoms with Crippen LogP contribution < -0.4 is 0 Å². The smallest absolute Gasteiger partial charge is 0.331 e. The molecule has 8 heteroatoms. The van der Waals surface area contributed by atoms with E-state index in [2.05, 4.69) is 55.1 Å². The maximum absolute atomic E-state index is 11.6. The summed E-state index contributed by atoms with van der Waals surface area (Å²) in [5.74, 6) is -3.11. The number of aliphatic carboxylic acids is 2. The predicted octanol–water partition coefficient (Wildman–Crippen LogP) is 8.89. The number of hydrogen-bond donors (Lipinski definition) is 2. The number of hydrogen-bond acceptors (Lipinski definition) is 6. The van der Waals surface area contributed by atoms with Crippen molar-refractivity contribution in [2.24, 2.45) is 25.9 Å². The number of fused-ring (bicyclic) bond motifs is 2. The van der Waals surface area contributed by atoms with Crippen LogP contribution in [-0.4, -0.2) is 56.1 Å². The van der Waals surface area contributed by atoms with E-state index in [-0.39, 0.29) is 12.0 Å². The summed E-state index contributed by atoms with van der Waals surface area (Å²) >= 11 is 0. The normalized spacial score (nSPS) is 25.4. The van der Waals surface area contributed by atoms with E-state index in [4.69, 9.17) is 9.98 Å². The second-order valence-corrected chi connectivity index (χ2v) is 12.0. The van der Waals surface area contributed by atoms with Gasteiger partial charge in [0, 0.05) is 12.0 Å². The Bertz CT molecular complexity index is 1810. The maximum atomic E-state index is 11.6. The van der Waals surface area contributed by atoms with Crippen LogP contribution in [-0.2, 0) is 9.59 Å². The maximum Gasteiger partial charge on any atom is 0.331 e. The summed E-state index contributed by atoms with van der Waals surface area (Å²) in [6, 6.07) is 19.4. The molecule has 2 aliphatic heterocycles. The molecular weight excluding hydrogens is 600 g/mol. The highest BCUT2D eigenvalue weighted by Crippen LogP contribution is 2.36. The van der Waals surface area contributed by atoms with Crippen LogP contribution in [0.15, 0.2) is 140 Å². The number of dihydropyridines is 1. The van der Waals surface area contributed by atoms with Gasteiger partial charge in [0.25, 0.3) is 0 Å². The van der Waals surface area contributed by atoms with Gasteiger partial charge in [0.05, 0.1) is 45.7 Å². The molecule has 0 saturated heterocycles. The molecule has 3 atom stereocenters. The van der Waals surface area contributed by atoms with Crippen molar-refractivity contribution in [2.45, 2.75) is 71.9 Å². The number of rotatable bonds is 6. The van der Waals surface area contributed by atoms with Crippen molar-refractivity contribution < 1.29 is 19.8 Å². The van der Waals surface area contributed by atoms with Crippen molar-refractivity contribution >= 4 is 46.2 Å². The summed E-state index contributed by atoms with van der Waals surface area (Å²) in [4.78, 5) is 41.4. The second kappa shape index (κ2) is 15.6. The zero-order chi connectivity index (χ0) is 34.9. The zero-order valence-corrected chi connectivity index (χ0v) is 28.5. The molecule has 0 fully saturated rings. The van der Waals surface area contributed by atoms with Crippen molar-refractivity contribution in [1.82, 2.24) is 0 Å². The van der Waals surface area contributed by atoms with Gasteiger partial charge in [-0.2, -0.15) is 0 Å². The highest BCUT2D eigenvalue weighted by Gasteiger charge is 2.44. The molecule has 2 aromatic rings. The summed E-state index contributed by atoms with van der Waals surface area (Å²) in [7, 11) is 0. The van der Waals surface area contributed by atoms with Crippen LogP contribution >= 0.6 is 0 Å². The van der Waals surface area contributed by atoms with Crippen LogP contribution in [0.4, 0.5) is 11.4 Å². The summed E-state index contributed by atoms with van der Waals surface area (Å²) in [6.07, 6.45) is 15.6. The average molecular weight is 645 g/mol. The molecule has 0 saturated carbocycles. The number of allylic oxidation sites excluding steroid dienone is 8. The lowest BCUT2D eigenvalue weighted by atomic mass is 9.77. The third kappa shape index (κ3) is 8.37.